The average Bonchev–Trinajstić information content (AvgIpc) is 2.32. The third-order valence-corrected chi connectivity index (χ3v) is 2.93. The number of nitrogens with two attached hydrogens (primary N) is 1. The summed E-state index contributed by atoms with van der Waals surface area (Å²) in [5.74, 6) is -0.298. The minimum Gasteiger partial charge on any atom is -1.00 e. The van der Waals surface area contributed by atoms with Crippen molar-refractivity contribution in [3.05, 3.63) is 0 Å². The monoisotopic (exact) mass is 233 g/mol. The number of carbonyl (C=O) groups is 1. The Morgan fingerprint density at radius 3 is 2.50 bits per heavy atom. The maximum Gasteiger partial charge on any atom is 0.366 e. The Balaban J connectivity index is 0.00000121. The van der Waals surface area contributed by atoms with Crippen LogP contribution in [0, 0.1) is 0 Å². The van der Waals surface area contributed by atoms with Crippen LogP contribution in [0.15, 0.2) is 0 Å². The lowest BCUT2D eigenvalue weighted by Gasteiger charge is -2.07. The molecular formula is C6H10Cl3NO2. The van der Waals surface area contributed by atoms with Crippen molar-refractivity contribution in [2.24, 2.45) is 0 Å². The summed E-state index contributed by atoms with van der Waals surface area (Å²) in [7, 11) is 1.35. The van der Waals surface area contributed by atoms with Gasteiger partial charge < -0.3 is 22.5 Å². The van der Waals surface area contributed by atoms with E-state index in [1.807, 2.05) is 0 Å². The van der Waals surface area contributed by atoms with Crippen molar-refractivity contribution in [2.45, 2.75) is 16.8 Å². The quantitative estimate of drug-likeness (QED) is 0.375. The molecule has 3 atom stereocenters. The molecule has 0 aromatic heterocycles. The lowest BCUT2D eigenvalue weighted by Crippen LogP contribution is -3.00. The van der Waals surface area contributed by atoms with Crippen molar-refractivity contribution < 1.29 is 27.3 Å². The number of alkyl halides is 2. The van der Waals surface area contributed by atoms with Crippen molar-refractivity contribution in [2.75, 3.05) is 13.7 Å². The molecule has 6 heteroatoms. The van der Waals surface area contributed by atoms with E-state index in [1.165, 1.54) is 7.11 Å². The average molecular weight is 235 g/mol. The Labute approximate surface area is 87.1 Å². The molecule has 1 aliphatic heterocycles. The van der Waals surface area contributed by atoms with Crippen LogP contribution in [0.25, 0.3) is 0 Å². The number of quaternary nitrogens is 1. The molecule has 1 heterocycles. The summed E-state index contributed by atoms with van der Waals surface area (Å²) in [6.45, 7) is 0.676. The van der Waals surface area contributed by atoms with Crippen LogP contribution >= 0.6 is 23.2 Å². The fraction of sp³-hybridized carbons (Fsp3) is 0.833. The highest BCUT2D eigenvalue weighted by atomic mass is 35.5. The molecule has 0 radical (unpaired) electrons. The molecule has 0 aromatic carbocycles. The standard InChI is InChI=1S/C6H9Cl2NO2.ClH/c1-11-6(10)5-4(8)3(7)2-9-5;/h3-5,9H,2H2,1H3;1H/t3-,4-,5+;/m1./s1. The first kappa shape index (κ1) is 12.3. The van der Waals surface area contributed by atoms with Gasteiger partial charge >= 0.3 is 5.97 Å². The van der Waals surface area contributed by atoms with Crippen LogP contribution in [0.4, 0.5) is 0 Å². The van der Waals surface area contributed by atoms with E-state index >= 15 is 0 Å². The SMILES string of the molecule is COC(=O)[C@H]1[NH2+]C[C@@H](Cl)[C@H]1Cl.[Cl-]. The predicted molar refractivity (Wildman–Crippen MR) is 41.9 cm³/mol. The van der Waals surface area contributed by atoms with Crippen LogP contribution in [0.3, 0.4) is 0 Å². The molecule has 0 saturated carbocycles. The van der Waals surface area contributed by atoms with E-state index in [4.69, 9.17) is 23.2 Å². The molecule has 0 spiro atoms. The summed E-state index contributed by atoms with van der Waals surface area (Å²) in [5, 5.41) is 1.35. The minimum absolute atomic E-state index is 0. The first-order valence-corrected chi connectivity index (χ1v) is 4.23. The van der Waals surface area contributed by atoms with Gasteiger partial charge in [-0.15, -0.1) is 23.2 Å². The van der Waals surface area contributed by atoms with Gasteiger partial charge in [0.05, 0.1) is 13.7 Å². The van der Waals surface area contributed by atoms with Crippen molar-refractivity contribution in [3.8, 4) is 0 Å². The van der Waals surface area contributed by atoms with Gasteiger partial charge in [0.1, 0.15) is 10.8 Å². The van der Waals surface area contributed by atoms with E-state index < -0.39 is 0 Å². The number of ether oxygens (including phenoxy) is 1. The number of carbonyl (C=O) groups excluding carboxylic acids is 1. The summed E-state index contributed by atoms with van der Waals surface area (Å²) < 4.78 is 4.54. The summed E-state index contributed by atoms with van der Waals surface area (Å²) >= 11 is 11.6. The summed E-state index contributed by atoms with van der Waals surface area (Å²) in [6.07, 6.45) is 0. The molecule has 0 unspecified atom stereocenters. The second-order valence-corrected chi connectivity index (χ2v) is 3.55. The maximum atomic E-state index is 11.0. The molecular weight excluding hydrogens is 224 g/mol. The summed E-state index contributed by atoms with van der Waals surface area (Å²) in [6, 6.07) is -0.329. The normalized spacial score (nSPS) is 34.1. The van der Waals surface area contributed by atoms with Crippen molar-refractivity contribution >= 4 is 29.2 Å². The first-order valence-electron chi connectivity index (χ1n) is 3.36. The van der Waals surface area contributed by atoms with Crippen LogP contribution < -0.4 is 17.7 Å². The lowest BCUT2D eigenvalue weighted by molar-refractivity contribution is -0.658. The third kappa shape index (κ3) is 2.39. The molecule has 1 saturated heterocycles. The Kier molecular flexibility index (Phi) is 5.25. The van der Waals surface area contributed by atoms with E-state index in [0.29, 0.717) is 6.54 Å². The van der Waals surface area contributed by atoms with E-state index in [2.05, 4.69) is 4.74 Å². The number of esters is 1. The molecule has 0 amide bonds. The zero-order valence-corrected chi connectivity index (χ0v) is 8.73. The third-order valence-electron chi connectivity index (χ3n) is 1.78. The van der Waals surface area contributed by atoms with Gasteiger partial charge in [0.15, 0.2) is 0 Å². The number of rotatable bonds is 1. The van der Waals surface area contributed by atoms with E-state index in [9.17, 15) is 4.79 Å². The molecule has 2 N–H and O–H groups in total. The van der Waals surface area contributed by atoms with Gasteiger partial charge in [-0.25, -0.2) is 4.79 Å². The topological polar surface area (TPSA) is 42.9 Å². The number of halogens is 3. The largest absolute Gasteiger partial charge is 1.00 e. The molecule has 1 aliphatic rings. The first-order chi connectivity index (χ1) is 5.16. The second kappa shape index (κ2) is 5.12. The van der Waals surface area contributed by atoms with Gasteiger partial charge in [-0.05, 0) is 0 Å². The number of methoxy groups -OCH3 is 1. The highest BCUT2D eigenvalue weighted by molar-refractivity contribution is 6.31. The van der Waals surface area contributed by atoms with Crippen molar-refractivity contribution in [1.82, 2.24) is 0 Å². The lowest BCUT2D eigenvalue weighted by atomic mass is 10.2. The highest BCUT2D eigenvalue weighted by Crippen LogP contribution is 2.15. The fourth-order valence-corrected chi connectivity index (χ4v) is 1.69. The van der Waals surface area contributed by atoms with Gasteiger partial charge in [-0.1, -0.05) is 0 Å². The fourth-order valence-electron chi connectivity index (χ4n) is 1.12. The van der Waals surface area contributed by atoms with Crippen LogP contribution in [0.5, 0.6) is 0 Å². The Morgan fingerprint density at radius 2 is 2.17 bits per heavy atom. The number of hydrogen-bond donors (Lipinski definition) is 1. The van der Waals surface area contributed by atoms with Gasteiger partial charge in [0.25, 0.3) is 0 Å². The van der Waals surface area contributed by atoms with Crippen molar-refractivity contribution in [1.29, 1.82) is 0 Å². The molecule has 1 fully saturated rings. The molecule has 72 valence electrons. The maximum absolute atomic E-state index is 11.0. The number of hydrogen-bond acceptors (Lipinski definition) is 2. The molecule has 3 nitrogen and oxygen atoms in total. The summed E-state index contributed by atoms with van der Waals surface area (Å²) in [5.41, 5.74) is 0. The van der Waals surface area contributed by atoms with Gasteiger partial charge in [0, 0.05) is 0 Å². The Hall–Kier alpha value is 0.300. The summed E-state index contributed by atoms with van der Waals surface area (Å²) in [4.78, 5) is 11.0. The highest BCUT2D eigenvalue weighted by Gasteiger charge is 2.42. The molecule has 12 heavy (non-hydrogen) atoms. The molecule has 0 aliphatic carbocycles. The molecule has 1 rings (SSSR count). The minimum atomic E-state index is -0.329. The van der Waals surface area contributed by atoms with Crippen LogP contribution in [-0.4, -0.2) is 36.4 Å². The van der Waals surface area contributed by atoms with Crippen LogP contribution in [0.1, 0.15) is 0 Å². The van der Waals surface area contributed by atoms with E-state index in [-0.39, 0.29) is 35.2 Å². The molecule has 0 aromatic rings. The smallest absolute Gasteiger partial charge is 0.366 e. The van der Waals surface area contributed by atoms with Gasteiger partial charge in [-0.3, -0.25) is 0 Å². The Bertz CT molecular complexity index is 167. The van der Waals surface area contributed by atoms with Crippen molar-refractivity contribution in [3.63, 3.8) is 0 Å². The van der Waals surface area contributed by atoms with Crippen LogP contribution in [-0.2, 0) is 9.53 Å². The van der Waals surface area contributed by atoms with Crippen LogP contribution in [0.2, 0.25) is 0 Å². The predicted octanol–water partition coefficient (Wildman–Crippen LogP) is -3.68. The van der Waals surface area contributed by atoms with Gasteiger partial charge in [0.2, 0.25) is 6.04 Å². The molecule has 0 bridgehead atoms. The zero-order chi connectivity index (χ0) is 8.43. The zero-order valence-electron chi connectivity index (χ0n) is 6.47. The van der Waals surface area contributed by atoms with E-state index in [0.717, 1.165) is 0 Å². The van der Waals surface area contributed by atoms with Gasteiger partial charge in [-0.2, -0.15) is 0 Å². The van der Waals surface area contributed by atoms with E-state index in [1.54, 1.807) is 5.32 Å². The second-order valence-electron chi connectivity index (χ2n) is 2.48. The Morgan fingerprint density at radius 1 is 1.58 bits per heavy atom.